The van der Waals surface area contributed by atoms with Crippen LogP contribution in [-0.2, 0) is 17.8 Å². The van der Waals surface area contributed by atoms with Gasteiger partial charge in [0.05, 0.1) is 29.3 Å². The molecule has 6 nitrogen and oxygen atoms in total. The quantitative estimate of drug-likeness (QED) is 0.755. The van der Waals surface area contributed by atoms with Gasteiger partial charge in [-0.3, -0.25) is 4.79 Å². The lowest BCUT2D eigenvalue weighted by Gasteiger charge is -1.96. The monoisotopic (exact) mass is 284 g/mol. The minimum atomic E-state index is -0.449. The summed E-state index contributed by atoms with van der Waals surface area (Å²) in [5, 5.41) is 15.3. The minimum Gasteiger partial charge on any atom is -0.389 e. The number of aromatic nitrogens is 2. The highest BCUT2D eigenvalue weighted by atomic mass is 32.1. The largest absolute Gasteiger partial charge is 0.389 e. The molecule has 2 aromatic rings. The molecule has 18 heavy (non-hydrogen) atoms. The molecule has 1 amide bonds. The highest BCUT2D eigenvalue weighted by Crippen LogP contribution is 2.32. The predicted octanol–water partition coefficient (Wildman–Crippen LogP) is 0.828. The summed E-state index contributed by atoms with van der Waals surface area (Å²) in [7, 11) is 1.79. The molecule has 0 unspecified atom stereocenters. The van der Waals surface area contributed by atoms with Crippen molar-refractivity contribution >= 4 is 33.7 Å². The molecule has 8 heteroatoms. The SMILES string of the molecule is CNc1nc(-c2sc(CO)nc2CC(N)=O)cs1. The summed E-state index contributed by atoms with van der Waals surface area (Å²) in [5.74, 6) is -0.449. The lowest BCUT2D eigenvalue weighted by molar-refractivity contribution is -0.117. The molecular weight excluding hydrogens is 272 g/mol. The van der Waals surface area contributed by atoms with Gasteiger partial charge in [-0.1, -0.05) is 0 Å². The second-order valence-electron chi connectivity index (χ2n) is 3.47. The van der Waals surface area contributed by atoms with E-state index in [1.807, 2.05) is 5.38 Å². The molecular formula is C10H12N4O2S2. The van der Waals surface area contributed by atoms with Crippen molar-refractivity contribution in [2.75, 3.05) is 12.4 Å². The van der Waals surface area contributed by atoms with Gasteiger partial charge >= 0.3 is 0 Å². The first-order valence-electron chi connectivity index (χ1n) is 5.15. The number of nitrogens with zero attached hydrogens (tertiary/aromatic N) is 2. The molecule has 2 heterocycles. The van der Waals surface area contributed by atoms with Crippen molar-refractivity contribution in [1.82, 2.24) is 9.97 Å². The van der Waals surface area contributed by atoms with Crippen LogP contribution in [0.3, 0.4) is 0 Å². The number of aliphatic hydroxyl groups excluding tert-OH is 1. The van der Waals surface area contributed by atoms with E-state index >= 15 is 0 Å². The van der Waals surface area contributed by atoms with Crippen molar-refractivity contribution in [3.63, 3.8) is 0 Å². The molecule has 0 saturated heterocycles. The van der Waals surface area contributed by atoms with E-state index in [0.717, 1.165) is 15.7 Å². The van der Waals surface area contributed by atoms with Gasteiger partial charge in [-0.2, -0.15) is 0 Å². The predicted molar refractivity (Wildman–Crippen MR) is 71.6 cm³/mol. The zero-order chi connectivity index (χ0) is 13.1. The maximum Gasteiger partial charge on any atom is 0.223 e. The third-order valence-electron chi connectivity index (χ3n) is 2.17. The fourth-order valence-electron chi connectivity index (χ4n) is 1.45. The summed E-state index contributed by atoms with van der Waals surface area (Å²) in [6.45, 7) is -0.153. The van der Waals surface area contributed by atoms with Gasteiger partial charge in [-0.15, -0.1) is 22.7 Å². The molecule has 0 spiro atoms. The summed E-state index contributed by atoms with van der Waals surface area (Å²) in [6, 6.07) is 0. The number of carbonyl (C=O) groups is 1. The Morgan fingerprint density at radius 2 is 2.33 bits per heavy atom. The lowest BCUT2D eigenvalue weighted by atomic mass is 10.2. The normalized spacial score (nSPS) is 10.6. The number of thiazole rings is 2. The molecule has 0 aliphatic heterocycles. The summed E-state index contributed by atoms with van der Waals surface area (Å²) in [4.78, 5) is 20.3. The van der Waals surface area contributed by atoms with Crippen molar-refractivity contribution in [1.29, 1.82) is 0 Å². The Morgan fingerprint density at radius 3 is 2.89 bits per heavy atom. The maximum absolute atomic E-state index is 11.0. The van der Waals surface area contributed by atoms with Crippen LogP contribution in [0.4, 0.5) is 5.13 Å². The van der Waals surface area contributed by atoms with Crippen LogP contribution in [-0.4, -0.2) is 28.0 Å². The average Bonchev–Trinajstić information content (AvgIpc) is 2.93. The number of amides is 1. The van der Waals surface area contributed by atoms with E-state index in [1.165, 1.54) is 22.7 Å². The van der Waals surface area contributed by atoms with E-state index in [-0.39, 0.29) is 13.0 Å². The minimum absolute atomic E-state index is 0.0538. The van der Waals surface area contributed by atoms with Crippen LogP contribution in [0.25, 0.3) is 10.6 Å². The Labute approximate surface area is 112 Å². The van der Waals surface area contributed by atoms with E-state index in [0.29, 0.717) is 10.7 Å². The second kappa shape index (κ2) is 5.42. The summed E-state index contributed by atoms with van der Waals surface area (Å²) in [6.07, 6.45) is 0.0538. The van der Waals surface area contributed by atoms with Crippen LogP contribution >= 0.6 is 22.7 Å². The number of aliphatic hydroxyl groups is 1. The van der Waals surface area contributed by atoms with Crippen molar-refractivity contribution < 1.29 is 9.90 Å². The number of primary amides is 1. The molecule has 4 N–H and O–H groups in total. The fraction of sp³-hybridized carbons (Fsp3) is 0.300. The molecule has 0 atom stereocenters. The zero-order valence-corrected chi connectivity index (χ0v) is 11.3. The number of hydrogen-bond acceptors (Lipinski definition) is 7. The first kappa shape index (κ1) is 12.9. The van der Waals surface area contributed by atoms with Crippen molar-refractivity contribution in [3.05, 3.63) is 16.1 Å². The summed E-state index contributed by atoms with van der Waals surface area (Å²) in [5.41, 5.74) is 6.51. The number of anilines is 1. The van der Waals surface area contributed by atoms with Crippen LogP contribution in [0.5, 0.6) is 0 Å². The van der Waals surface area contributed by atoms with Gasteiger partial charge in [-0.25, -0.2) is 9.97 Å². The van der Waals surface area contributed by atoms with Crippen LogP contribution in [0.1, 0.15) is 10.7 Å². The Morgan fingerprint density at radius 1 is 1.56 bits per heavy atom. The lowest BCUT2D eigenvalue weighted by Crippen LogP contribution is -2.14. The third kappa shape index (κ3) is 2.66. The van der Waals surface area contributed by atoms with E-state index in [2.05, 4.69) is 15.3 Å². The Kier molecular flexibility index (Phi) is 3.90. The standard InChI is InChI=1S/C10H12N4O2S2/c1-12-10-14-6(4-17-10)9-5(2-7(11)16)13-8(3-15)18-9/h4,15H,2-3H2,1H3,(H2,11,16)(H,12,14). The maximum atomic E-state index is 11.0. The third-order valence-corrected chi connectivity index (χ3v) is 4.13. The average molecular weight is 284 g/mol. The molecule has 0 saturated carbocycles. The summed E-state index contributed by atoms with van der Waals surface area (Å²) < 4.78 is 0. The van der Waals surface area contributed by atoms with E-state index in [4.69, 9.17) is 10.8 Å². The van der Waals surface area contributed by atoms with Crippen LogP contribution < -0.4 is 11.1 Å². The van der Waals surface area contributed by atoms with E-state index in [1.54, 1.807) is 7.05 Å². The second-order valence-corrected chi connectivity index (χ2v) is 5.41. The van der Waals surface area contributed by atoms with Crippen LogP contribution in [0, 0.1) is 0 Å². The number of rotatable bonds is 5. The fourth-order valence-corrected chi connectivity index (χ4v) is 3.08. The highest BCUT2D eigenvalue weighted by molar-refractivity contribution is 7.16. The number of hydrogen-bond donors (Lipinski definition) is 3. The van der Waals surface area contributed by atoms with E-state index in [9.17, 15) is 4.79 Å². The number of nitrogens with two attached hydrogens (primary N) is 1. The highest BCUT2D eigenvalue weighted by Gasteiger charge is 2.16. The smallest absolute Gasteiger partial charge is 0.223 e. The van der Waals surface area contributed by atoms with Gasteiger partial charge in [0, 0.05) is 12.4 Å². The molecule has 0 bridgehead atoms. The van der Waals surface area contributed by atoms with Crippen molar-refractivity contribution in [3.8, 4) is 10.6 Å². The van der Waals surface area contributed by atoms with E-state index < -0.39 is 5.91 Å². The topological polar surface area (TPSA) is 101 Å². The first-order chi connectivity index (χ1) is 8.63. The molecule has 2 aromatic heterocycles. The molecule has 0 radical (unpaired) electrons. The molecule has 96 valence electrons. The molecule has 0 aromatic carbocycles. The van der Waals surface area contributed by atoms with Gasteiger partial charge in [0.15, 0.2) is 5.13 Å². The van der Waals surface area contributed by atoms with Gasteiger partial charge in [0.1, 0.15) is 5.01 Å². The molecule has 0 fully saturated rings. The number of carbonyl (C=O) groups excluding carboxylic acids is 1. The molecule has 2 rings (SSSR count). The van der Waals surface area contributed by atoms with Gasteiger partial charge in [0.2, 0.25) is 5.91 Å². The van der Waals surface area contributed by atoms with Gasteiger partial charge in [0.25, 0.3) is 0 Å². The Bertz CT molecular complexity index is 564. The molecule has 0 aliphatic rings. The first-order valence-corrected chi connectivity index (χ1v) is 6.85. The van der Waals surface area contributed by atoms with Crippen LogP contribution in [0.2, 0.25) is 0 Å². The molecule has 0 aliphatic carbocycles. The van der Waals surface area contributed by atoms with Crippen molar-refractivity contribution in [2.45, 2.75) is 13.0 Å². The zero-order valence-electron chi connectivity index (χ0n) is 9.64. The van der Waals surface area contributed by atoms with Gasteiger partial charge in [-0.05, 0) is 0 Å². The van der Waals surface area contributed by atoms with Crippen molar-refractivity contribution in [2.24, 2.45) is 5.73 Å². The Balaban J connectivity index is 2.40. The summed E-state index contributed by atoms with van der Waals surface area (Å²) >= 11 is 2.79. The van der Waals surface area contributed by atoms with Crippen LogP contribution in [0.15, 0.2) is 5.38 Å². The Hall–Kier alpha value is -1.51. The van der Waals surface area contributed by atoms with Gasteiger partial charge < -0.3 is 16.2 Å². The number of nitrogens with one attached hydrogen (secondary N) is 1.